The minimum Gasteiger partial charge on any atom is -0.497 e. The SMILES string of the molecule is COc1cccc(C(=O)N/N=C/c2ccc(C)s2)c1. The Morgan fingerprint density at radius 2 is 2.21 bits per heavy atom. The third-order valence-corrected chi connectivity index (χ3v) is 3.39. The highest BCUT2D eigenvalue weighted by Crippen LogP contribution is 2.13. The number of thiophene rings is 1. The first-order valence-corrected chi connectivity index (χ1v) is 6.54. The number of aryl methyl sites for hydroxylation is 1. The van der Waals surface area contributed by atoms with Gasteiger partial charge in [-0.2, -0.15) is 5.10 Å². The van der Waals surface area contributed by atoms with Crippen molar-refractivity contribution >= 4 is 23.5 Å². The van der Waals surface area contributed by atoms with Crippen LogP contribution in [0.3, 0.4) is 0 Å². The van der Waals surface area contributed by atoms with E-state index in [1.165, 1.54) is 4.88 Å². The summed E-state index contributed by atoms with van der Waals surface area (Å²) in [5.41, 5.74) is 3.00. The lowest BCUT2D eigenvalue weighted by Crippen LogP contribution is -2.17. The molecule has 0 bridgehead atoms. The molecule has 0 atom stereocenters. The summed E-state index contributed by atoms with van der Waals surface area (Å²) in [6, 6.07) is 10.9. The largest absolute Gasteiger partial charge is 0.497 e. The van der Waals surface area contributed by atoms with Gasteiger partial charge < -0.3 is 4.74 Å². The van der Waals surface area contributed by atoms with Gasteiger partial charge in [0.15, 0.2) is 0 Å². The first-order valence-electron chi connectivity index (χ1n) is 5.73. The van der Waals surface area contributed by atoms with Gasteiger partial charge in [-0.15, -0.1) is 11.3 Å². The van der Waals surface area contributed by atoms with Gasteiger partial charge in [0.25, 0.3) is 5.91 Å². The summed E-state index contributed by atoms with van der Waals surface area (Å²) >= 11 is 1.62. The number of ether oxygens (including phenoxy) is 1. The number of hydrogen-bond acceptors (Lipinski definition) is 4. The van der Waals surface area contributed by atoms with Gasteiger partial charge in [0.1, 0.15) is 5.75 Å². The highest BCUT2D eigenvalue weighted by molar-refractivity contribution is 7.13. The monoisotopic (exact) mass is 274 g/mol. The summed E-state index contributed by atoms with van der Waals surface area (Å²) in [6.45, 7) is 2.02. The molecule has 19 heavy (non-hydrogen) atoms. The standard InChI is InChI=1S/C14H14N2O2S/c1-10-6-7-13(19-10)9-15-16-14(17)11-4-3-5-12(8-11)18-2/h3-9H,1-2H3,(H,16,17)/b15-9+. The highest BCUT2D eigenvalue weighted by Gasteiger charge is 2.04. The number of methoxy groups -OCH3 is 1. The molecule has 0 unspecified atom stereocenters. The molecule has 0 aliphatic carbocycles. The number of benzene rings is 1. The Hall–Kier alpha value is -2.14. The minimum atomic E-state index is -0.261. The van der Waals surface area contributed by atoms with Crippen LogP contribution >= 0.6 is 11.3 Å². The minimum absolute atomic E-state index is 0.261. The Morgan fingerprint density at radius 3 is 2.89 bits per heavy atom. The van der Waals surface area contributed by atoms with E-state index >= 15 is 0 Å². The fourth-order valence-electron chi connectivity index (χ4n) is 1.51. The van der Waals surface area contributed by atoms with Crippen molar-refractivity contribution in [3.05, 3.63) is 51.7 Å². The fourth-order valence-corrected chi connectivity index (χ4v) is 2.26. The summed E-state index contributed by atoms with van der Waals surface area (Å²) < 4.78 is 5.06. The van der Waals surface area contributed by atoms with E-state index in [1.54, 1.807) is 48.9 Å². The normalized spacial score (nSPS) is 10.6. The van der Waals surface area contributed by atoms with E-state index in [2.05, 4.69) is 10.5 Å². The third-order valence-electron chi connectivity index (χ3n) is 2.45. The first-order chi connectivity index (χ1) is 9.19. The van der Waals surface area contributed by atoms with E-state index in [0.29, 0.717) is 11.3 Å². The number of nitrogens with one attached hydrogen (secondary N) is 1. The van der Waals surface area contributed by atoms with Crippen LogP contribution in [0, 0.1) is 6.92 Å². The molecule has 0 fully saturated rings. The zero-order chi connectivity index (χ0) is 13.7. The van der Waals surface area contributed by atoms with Crippen LogP contribution in [0.2, 0.25) is 0 Å². The Bertz CT molecular complexity index is 605. The Morgan fingerprint density at radius 1 is 1.37 bits per heavy atom. The van der Waals surface area contributed by atoms with Crippen LogP contribution in [-0.2, 0) is 0 Å². The molecular weight excluding hydrogens is 260 g/mol. The van der Waals surface area contributed by atoms with Crippen molar-refractivity contribution < 1.29 is 9.53 Å². The first kappa shape index (κ1) is 13.3. The Balaban J connectivity index is 1.99. The number of carbonyl (C=O) groups is 1. The molecule has 0 saturated carbocycles. The molecule has 0 aliphatic rings. The van der Waals surface area contributed by atoms with Crippen LogP contribution in [0.5, 0.6) is 5.75 Å². The maximum absolute atomic E-state index is 11.8. The molecule has 1 aromatic carbocycles. The van der Waals surface area contributed by atoms with Crippen molar-refractivity contribution in [2.75, 3.05) is 7.11 Å². The lowest BCUT2D eigenvalue weighted by Gasteiger charge is -2.02. The van der Waals surface area contributed by atoms with Crippen LogP contribution in [-0.4, -0.2) is 19.2 Å². The van der Waals surface area contributed by atoms with E-state index in [1.807, 2.05) is 19.1 Å². The lowest BCUT2D eigenvalue weighted by molar-refractivity contribution is 0.0955. The molecule has 0 aliphatic heterocycles. The van der Waals surface area contributed by atoms with Crippen molar-refractivity contribution in [2.24, 2.45) is 5.10 Å². The number of hydrazone groups is 1. The molecule has 5 heteroatoms. The van der Waals surface area contributed by atoms with E-state index in [-0.39, 0.29) is 5.91 Å². The van der Waals surface area contributed by atoms with E-state index in [0.717, 1.165) is 4.88 Å². The summed E-state index contributed by atoms with van der Waals surface area (Å²) in [5, 5.41) is 3.93. The molecule has 0 spiro atoms. The van der Waals surface area contributed by atoms with Crippen LogP contribution in [0.4, 0.5) is 0 Å². The predicted octanol–water partition coefficient (Wildman–Crippen LogP) is 2.83. The van der Waals surface area contributed by atoms with Crippen molar-refractivity contribution in [3.63, 3.8) is 0 Å². The molecule has 1 heterocycles. The average molecular weight is 274 g/mol. The molecule has 0 saturated heterocycles. The third kappa shape index (κ3) is 3.66. The van der Waals surface area contributed by atoms with Crippen LogP contribution in [0.15, 0.2) is 41.5 Å². The van der Waals surface area contributed by atoms with Crippen LogP contribution in [0.1, 0.15) is 20.1 Å². The van der Waals surface area contributed by atoms with Gasteiger partial charge >= 0.3 is 0 Å². The van der Waals surface area contributed by atoms with Gasteiger partial charge in [-0.1, -0.05) is 6.07 Å². The Labute approximate surface area is 115 Å². The van der Waals surface area contributed by atoms with E-state index in [4.69, 9.17) is 4.74 Å². The smallest absolute Gasteiger partial charge is 0.271 e. The van der Waals surface area contributed by atoms with Gasteiger partial charge in [-0.3, -0.25) is 4.79 Å². The van der Waals surface area contributed by atoms with Crippen LogP contribution in [0.25, 0.3) is 0 Å². The fraction of sp³-hybridized carbons (Fsp3) is 0.143. The van der Waals surface area contributed by atoms with E-state index < -0.39 is 0 Å². The summed E-state index contributed by atoms with van der Waals surface area (Å²) in [5.74, 6) is 0.383. The molecule has 98 valence electrons. The molecular formula is C14H14N2O2S. The summed E-state index contributed by atoms with van der Waals surface area (Å²) in [7, 11) is 1.56. The number of hydrogen-bond donors (Lipinski definition) is 1. The van der Waals surface area contributed by atoms with Gasteiger partial charge in [0.2, 0.25) is 0 Å². The molecule has 1 N–H and O–H groups in total. The Kier molecular flexibility index (Phi) is 4.30. The second-order valence-electron chi connectivity index (χ2n) is 3.88. The van der Waals surface area contributed by atoms with E-state index in [9.17, 15) is 4.79 Å². The van der Waals surface area contributed by atoms with Gasteiger partial charge in [-0.25, -0.2) is 5.43 Å². The molecule has 4 nitrogen and oxygen atoms in total. The second-order valence-corrected chi connectivity index (χ2v) is 5.20. The molecule has 1 amide bonds. The lowest BCUT2D eigenvalue weighted by atomic mass is 10.2. The number of rotatable bonds is 4. The average Bonchev–Trinajstić information content (AvgIpc) is 2.84. The van der Waals surface area contributed by atoms with Crippen molar-refractivity contribution in [3.8, 4) is 5.75 Å². The topological polar surface area (TPSA) is 50.7 Å². The highest BCUT2D eigenvalue weighted by atomic mass is 32.1. The molecule has 2 rings (SSSR count). The predicted molar refractivity (Wildman–Crippen MR) is 77.1 cm³/mol. The summed E-state index contributed by atoms with van der Waals surface area (Å²) in [6.07, 6.45) is 1.63. The quantitative estimate of drug-likeness (QED) is 0.688. The second kappa shape index (κ2) is 6.15. The van der Waals surface area contributed by atoms with Crippen molar-refractivity contribution in [2.45, 2.75) is 6.92 Å². The molecule has 2 aromatic rings. The summed E-state index contributed by atoms with van der Waals surface area (Å²) in [4.78, 5) is 14.0. The maximum Gasteiger partial charge on any atom is 0.271 e. The zero-order valence-electron chi connectivity index (χ0n) is 10.7. The number of nitrogens with zero attached hydrogens (tertiary/aromatic N) is 1. The maximum atomic E-state index is 11.8. The van der Waals surface area contributed by atoms with Gasteiger partial charge in [-0.05, 0) is 37.3 Å². The van der Waals surface area contributed by atoms with Gasteiger partial charge in [0.05, 0.1) is 13.3 Å². The van der Waals surface area contributed by atoms with Crippen LogP contribution < -0.4 is 10.2 Å². The molecule has 0 radical (unpaired) electrons. The number of amides is 1. The molecule has 1 aromatic heterocycles. The zero-order valence-corrected chi connectivity index (χ0v) is 11.5. The van der Waals surface area contributed by atoms with Gasteiger partial charge in [0, 0.05) is 15.3 Å². The van der Waals surface area contributed by atoms with Crippen molar-refractivity contribution in [1.82, 2.24) is 5.43 Å². The van der Waals surface area contributed by atoms with Crippen molar-refractivity contribution in [1.29, 1.82) is 0 Å². The number of carbonyl (C=O) groups excluding carboxylic acids is 1.